The SMILES string of the molecule is O=C(Cc1ccc2cnccc2c1)N1C[C@@H]2CN(c3ncccn3)C[C@@H]2C1. The number of fused-ring (bicyclic) bond motifs is 2. The first kappa shape index (κ1) is 16.2. The minimum Gasteiger partial charge on any atom is -0.342 e. The van der Waals surface area contributed by atoms with Crippen molar-refractivity contribution in [3.63, 3.8) is 0 Å². The molecule has 2 saturated heterocycles. The number of carbonyl (C=O) groups excluding carboxylic acids is 1. The number of hydrogen-bond donors (Lipinski definition) is 0. The first-order chi connectivity index (χ1) is 13.3. The van der Waals surface area contributed by atoms with E-state index in [1.807, 2.05) is 35.4 Å². The molecule has 4 heterocycles. The van der Waals surface area contributed by atoms with Crippen LogP contribution in [0.4, 0.5) is 5.95 Å². The molecule has 2 aliphatic heterocycles. The molecule has 0 N–H and O–H groups in total. The van der Waals surface area contributed by atoms with Gasteiger partial charge < -0.3 is 9.80 Å². The van der Waals surface area contributed by atoms with Crippen LogP contribution in [-0.4, -0.2) is 51.9 Å². The Hall–Kier alpha value is -3.02. The van der Waals surface area contributed by atoms with Gasteiger partial charge in [-0.1, -0.05) is 18.2 Å². The standard InChI is InChI=1S/C21H21N5O/c27-20(9-15-2-3-17-10-22-7-4-16(17)8-15)25-11-18-13-26(14-19(18)12-25)21-23-5-1-6-24-21/h1-8,10,18-19H,9,11-14H2/t18-,19+. The molecule has 0 radical (unpaired) electrons. The fourth-order valence-corrected chi connectivity index (χ4v) is 4.34. The van der Waals surface area contributed by atoms with Crippen molar-refractivity contribution in [3.8, 4) is 0 Å². The number of aromatic nitrogens is 3. The summed E-state index contributed by atoms with van der Waals surface area (Å²) >= 11 is 0. The predicted octanol–water partition coefficient (Wildman–Crippen LogP) is 2.16. The summed E-state index contributed by atoms with van der Waals surface area (Å²) in [7, 11) is 0. The molecule has 2 fully saturated rings. The summed E-state index contributed by atoms with van der Waals surface area (Å²) in [5, 5.41) is 2.24. The zero-order valence-electron chi connectivity index (χ0n) is 15.0. The minimum absolute atomic E-state index is 0.223. The van der Waals surface area contributed by atoms with Crippen molar-refractivity contribution in [2.24, 2.45) is 11.8 Å². The maximum absolute atomic E-state index is 12.8. The summed E-state index contributed by atoms with van der Waals surface area (Å²) < 4.78 is 0. The number of rotatable bonds is 3. The first-order valence-electron chi connectivity index (χ1n) is 9.39. The molecular formula is C21H21N5O. The van der Waals surface area contributed by atoms with Crippen molar-refractivity contribution in [2.45, 2.75) is 6.42 Å². The minimum atomic E-state index is 0.223. The lowest BCUT2D eigenvalue weighted by atomic mass is 10.0. The first-order valence-corrected chi connectivity index (χ1v) is 9.39. The van der Waals surface area contributed by atoms with Crippen LogP contribution in [0, 0.1) is 11.8 Å². The Labute approximate surface area is 157 Å². The molecule has 2 aromatic heterocycles. The lowest BCUT2D eigenvalue weighted by Crippen LogP contribution is -2.34. The van der Waals surface area contributed by atoms with E-state index >= 15 is 0 Å². The highest BCUT2D eigenvalue weighted by atomic mass is 16.2. The number of likely N-dealkylation sites (tertiary alicyclic amines) is 1. The number of nitrogens with zero attached hydrogens (tertiary/aromatic N) is 5. The molecule has 5 rings (SSSR count). The Morgan fingerprint density at radius 2 is 1.74 bits per heavy atom. The molecule has 6 heteroatoms. The number of anilines is 1. The molecule has 27 heavy (non-hydrogen) atoms. The predicted molar refractivity (Wildman–Crippen MR) is 103 cm³/mol. The van der Waals surface area contributed by atoms with Crippen molar-refractivity contribution in [2.75, 3.05) is 31.1 Å². The lowest BCUT2D eigenvalue weighted by Gasteiger charge is -2.21. The molecule has 0 spiro atoms. The van der Waals surface area contributed by atoms with Gasteiger partial charge in [-0.2, -0.15) is 0 Å². The summed E-state index contributed by atoms with van der Waals surface area (Å²) in [6.45, 7) is 3.54. The van der Waals surface area contributed by atoms with Gasteiger partial charge in [0.15, 0.2) is 0 Å². The fraction of sp³-hybridized carbons (Fsp3) is 0.333. The van der Waals surface area contributed by atoms with E-state index in [9.17, 15) is 4.79 Å². The Bertz CT molecular complexity index is 962. The molecule has 2 atom stereocenters. The molecule has 0 saturated carbocycles. The number of hydrogen-bond acceptors (Lipinski definition) is 5. The third-order valence-electron chi connectivity index (χ3n) is 5.73. The van der Waals surface area contributed by atoms with Crippen molar-refractivity contribution >= 4 is 22.6 Å². The molecule has 0 unspecified atom stereocenters. The highest BCUT2D eigenvalue weighted by molar-refractivity contribution is 5.85. The van der Waals surface area contributed by atoms with E-state index in [2.05, 4.69) is 25.9 Å². The van der Waals surface area contributed by atoms with Crippen LogP contribution in [0.3, 0.4) is 0 Å². The van der Waals surface area contributed by atoms with Gasteiger partial charge in [-0.25, -0.2) is 9.97 Å². The zero-order valence-corrected chi connectivity index (χ0v) is 15.0. The maximum atomic E-state index is 12.8. The number of pyridine rings is 1. The summed E-state index contributed by atoms with van der Waals surface area (Å²) in [6.07, 6.45) is 7.67. The smallest absolute Gasteiger partial charge is 0.227 e. The van der Waals surface area contributed by atoms with Gasteiger partial charge in [-0.15, -0.1) is 0 Å². The average Bonchev–Trinajstić information content (AvgIpc) is 3.28. The van der Waals surface area contributed by atoms with Crippen LogP contribution in [-0.2, 0) is 11.2 Å². The van der Waals surface area contributed by atoms with Crippen LogP contribution in [0.15, 0.2) is 55.1 Å². The molecule has 2 aliphatic rings. The van der Waals surface area contributed by atoms with E-state index in [4.69, 9.17) is 0 Å². The van der Waals surface area contributed by atoms with Crippen LogP contribution in [0.25, 0.3) is 10.8 Å². The van der Waals surface area contributed by atoms with Gasteiger partial charge in [0.25, 0.3) is 0 Å². The number of carbonyl (C=O) groups is 1. The van der Waals surface area contributed by atoms with Gasteiger partial charge in [-0.3, -0.25) is 9.78 Å². The summed E-state index contributed by atoms with van der Waals surface area (Å²) in [6, 6.07) is 10.0. The van der Waals surface area contributed by atoms with E-state index < -0.39 is 0 Å². The quantitative estimate of drug-likeness (QED) is 0.717. The van der Waals surface area contributed by atoms with Gasteiger partial charge in [0.05, 0.1) is 6.42 Å². The van der Waals surface area contributed by atoms with Gasteiger partial charge in [0.2, 0.25) is 11.9 Å². The molecular weight excluding hydrogens is 338 g/mol. The molecule has 1 aromatic carbocycles. The maximum Gasteiger partial charge on any atom is 0.227 e. The van der Waals surface area contributed by atoms with Gasteiger partial charge in [-0.05, 0) is 23.1 Å². The van der Waals surface area contributed by atoms with Gasteiger partial charge >= 0.3 is 0 Å². The topological polar surface area (TPSA) is 62.2 Å². The molecule has 6 nitrogen and oxygen atoms in total. The van der Waals surface area contributed by atoms with Crippen LogP contribution in [0.5, 0.6) is 0 Å². The van der Waals surface area contributed by atoms with E-state index in [1.165, 1.54) is 0 Å². The Balaban J connectivity index is 1.23. The van der Waals surface area contributed by atoms with Crippen molar-refractivity contribution in [1.29, 1.82) is 0 Å². The number of benzene rings is 1. The number of amides is 1. The van der Waals surface area contributed by atoms with Gasteiger partial charge in [0.1, 0.15) is 0 Å². The van der Waals surface area contributed by atoms with Gasteiger partial charge in [0, 0.05) is 68.2 Å². The van der Waals surface area contributed by atoms with E-state index in [0.717, 1.165) is 48.5 Å². The van der Waals surface area contributed by atoms with Crippen molar-refractivity contribution in [1.82, 2.24) is 19.9 Å². The average molecular weight is 359 g/mol. The van der Waals surface area contributed by atoms with Crippen LogP contribution >= 0.6 is 0 Å². The van der Waals surface area contributed by atoms with Crippen molar-refractivity contribution in [3.05, 3.63) is 60.7 Å². The summed E-state index contributed by atoms with van der Waals surface area (Å²) in [4.78, 5) is 29.9. The van der Waals surface area contributed by atoms with E-state index in [1.54, 1.807) is 18.6 Å². The van der Waals surface area contributed by atoms with E-state index in [0.29, 0.717) is 18.3 Å². The monoisotopic (exact) mass is 359 g/mol. The molecule has 0 aliphatic carbocycles. The van der Waals surface area contributed by atoms with Crippen LogP contribution in [0.2, 0.25) is 0 Å². The third kappa shape index (κ3) is 3.12. The second-order valence-corrected chi connectivity index (χ2v) is 7.51. The molecule has 1 amide bonds. The summed E-state index contributed by atoms with van der Waals surface area (Å²) in [5.74, 6) is 2.05. The second kappa shape index (κ2) is 6.61. The molecule has 3 aromatic rings. The lowest BCUT2D eigenvalue weighted by molar-refractivity contribution is -0.129. The summed E-state index contributed by atoms with van der Waals surface area (Å²) in [5.41, 5.74) is 1.06. The normalized spacial score (nSPS) is 21.6. The highest BCUT2D eigenvalue weighted by Gasteiger charge is 2.42. The Morgan fingerprint density at radius 3 is 2.52 bits per heavy atom. The Morgan fingerprint density at radius 1 is 0.963 bits per heavy atom. The van der Waals surface area contributed by atoms with E-state index in [-0.39, 0.29) is 5.91 Å². The zero-order chi connectivity index (χ0) is 18.2. The Kier molecular flexibility index (Phi) is 3.96. The fourth-order valence-electron chi connectivity index (χ4n) is 4.34. The van der Waals surface area contributed by atoms with Crippen LogP contribution in [0.1, 0.15) is 5.56 Å². The highest BCUT2D eigenvalue weighted by Crippen LogP contribution is 2.33. The third-order valence-corrected chi connectivity index (χ3v) is 5.73. The van der Waals surface area contributed by atoms with Crippen LogP contribution < -0.4 is 4.90 Å². The molecule has 0 bridgehead atoms. The van der Waals surface area contributed by atoms with Crippen molar-refractivity contribution < 1.29 is 4.79 Å². The second-order valence-electron chi connectivity index (χ2n) is 7.51. The largest absolute Gasteiger partial charge is 0.342 e. The molecule has 136 valence electrons.